The number of aromatic amines is 1. The number of likely N-dealkylation sites (tertiary alicyclic amines) is 1. The van der Waals surface area contributed by atoms with Gasteiger partial charge < -0.3 is 10.2 Å². The molecule has 0 saturated carbocycles. The van der Waals surface area contributed by atoms with Gasteiger partial charge in [0.2, 0.25) is 0 Å². The Morgan fingerprint density at radius 2 is 1.91 bits per heavy atom. The minimum atomic E-state index is -0.0663. The Hall–Kier alpha value is -1.92. The van der Waals surface area contributed by atoms with Crippen LogP contribution in [0.4, 0.5) is 0 Å². The molecular weight excluding hydrogens is 290 g/mol. The van der Waals surface area contributed by atoms with Crippen LogP contribution in [0.1, 0.15) is 23.3 Å². The van der Waals surface area contributed by atoms with Gasteiger partial charge in [0.15, 0.2) is 5.69 Å². The van der Waals surface area contributed by atoms with E-state index in [1.807, 2.05) is 24.3 Å². The summed E-state index contributed by atoms with van der Waals surface area (Å²) >= 11 is 0. The minimum absolute atomic E-state index is 0.0663. The molecule has 3 atom stereocenters. The van der Waals surface area contributed by atoms with Gasteiger partial charge >= 0.3 is 0 Å². The number of hydrogen-bond acceptors (Lipinski definition) is 4. The van der Waals surface area contributed by atoms with Crippen molar-refractivity contribution >= 4 is 16.8 Å². The lowest BCUT2D eigenvalue weighted by molar-refractivity contribution is 0.00838. The van der Waals surface area contributed by atoms with E-state index in [1.165, 1.54) is 0 Å². The maximum atomic E-state index is 12.6. The molecule has 6 nitrogen and oxygen atoms in total. The van der Waals surface area contributed by atoms with E-state index < -0.39 is 0 Å². The van der Waals surface area contributed by atoms with Crippen molar-refractivity contribution in [3.05, 3.63) is 30.0 Å². The van der Waals surface area contributed by atoms with Gasteiger partial charge in [0.25, 0.3) is 5.91 Å². The summed E-state index contributed by atoms with van der Waals surface area (Å²) in [5.74, 6) is -0.0663. The van der Waals surface area contributed by atoms with Crippen LogP contribution in [-0.4, -0.2) is 71.2 Å². The number of amides is 1. The lowest BCUT2D eigenvalue weighted by atomic mass is 9.88. The summed E-state index contributed by atoms with van der Waals surface area (Å²) in [7, 11) is 4.39. The molecule has 2 unspecified atom stereocenters. The number of likely N-dealkylation sites (N-methyl/N-ethyl adjacent to an activating group) is 2. The van der Waals surface area contributed by atoms with Gasteiger partial charge in [-0.15, -0.1) is 0 Å². The predicted molar refractivity (Wildman–Crippen MR) is 89.4 cm³/mol. The molecule has 1 aromatic heterocycles. The number of hydrogen-bond donors (Lipinski definition) is 2. The van der Waals surface area contributed by atoms with Crippen LogP contribution in [0.3, 0.4) is 0 Å². The predicted octanol–water partition coefficient (Wildman–Crippen LogP) is 1.07. The summed E-state index contributed by atoms with van der Waals surface area (Å²) in [4.78, 5) is 17.5. The highest BCUT2D eigenvalue weighted by Crippen LogP contribution is 2.27. The van der Waals surface area contributed by atoms with Crippen molar-refractivity contribution < 1.29 is 4.79 Å². The van der Waals surface area contributed by atoms with Crippen molar-refractivity contribution in [2.24, 2.45) is 0 Å². The normalized spacial score (nSPS) is 28.9. The molecule has 2 aliphatic rings. The van der Waals surface area contributed by atoms with Gasteiger partial charge in [-0.3, -0.25) is 14.8 Å². The van der Waals surface area contributed by atoms with Crippen LogP contribution in [-0.2, 0) is 0 Å². The van der Waals surface area contributed by atoms with Crippen LogP contribution >= 0.6 is 0 Å². The summed E-state index contributed by atoms with van der Waals surface area (Å²) in [5.41, 5.74) is 1.40. The van der Waals surface area contributed by atoms with Crippen molar-refractivity contribution in [2.45, 2.75) is 31.0 Å². The van der Waals surface area contributed by atoms with Crippen LogP contribution in [0.2, 0.25) is 0 Å². The van der Waals surface area contributed by atoms with Gasteiger partial charge in [-0.1, -0.05) is 18.2 Å². The third-order valence-corrected chi connectivity index (χ3v) is 5.33. The number of nitrogens with one attached hydrogen (secondary N) is 2. The summed E-state index contributed by atoms with van der Waals surface area (Å²) in [6.45, 7) is 2.15. The Kier molecular flexibility index (Phi) is 3.58. The van der Waals surface area contributed by atoms with Gasteiger partial charge in [0, 0.05) is 36.6 Å². The standard InChI is InChI=1S/C17H23N5O/c1-21-9-12-7-11(8-13(10-21)22(12)2)18-17(23)16-14-5-3-4-6-15(14)19-20-16/h3-6,11-13H,7-10H2,1-2H3,(H,18,23)(H,19,20)/t11?,12-,13?/m1/s1. The van der Waals surface area contributed by atoms with Crippen molar-refractivity contribution in [1.29, 1.82) is 0 Å². The zero-order valence-corrected chi connectivity index (χ0v) is 13.6. The third kappa shape index (κ3) is 2.62. The topological polar surface area (TPSA) is 64.3 Å². The average Bonchev–Trinajstić information content (AvgIpc) is 2.93. The molecule has 2 aromatic rings. The van der Waals surface area contributed by atoms with Gasteiger partial charge in [-0.05, 0) is 33.0 Å². The number of carbonyl (C=O) groups is 1. The number of piperidine rings is 1. The van der Waals surface area contributed by atoms with Crippen molar-refractivity contribution in [1.82, 2.24) is 25.3 Å². The van der Waals surface area contributed by atoms with Crippen LogP contribution in [0.5, 0.6) is 0 Å². The largest absolute Gasteiger partial charge is 0.348 e. The number of para-hydroxylation sites is 1. The first-order valence-corrected chi connectivity index (χ1v) is 8.26. The summed E-state index contributed by atoms with van der Waals surface area (Å²) in [5, 5.41) is 11.2. The minimum Gasteiger partial charge on any atom is -0.348 e. The fraction of sp³-hybridized carbons (Fsp3) is 0.529. The first-order chi connectivity index (χ1) is 11.1. The number of aromatic nitrogens is 2. The molecular formula is C17H23N5O. The molecule has 1 aromatic carbocycles. The number of nitrogens with zero attached hydrogens (tertiary/aromatic N) is 3. The van der Waals surface area contributed by atoms with E-state index in [4.69, 9.17) is 0 Å². The van der Waals surface area contributed by atoms with E-state index in [1.54, 1.807) is 0 Å². The van der Waals surface area contributed by atoms with Gasteiger partial charge in [0.05, 0.1) is 5.52 Å². The molecule has 2 N–H and O–H groups in total. The first-order valence-electron chi connectivity index (χ1n) is 8.26. The van der Waals surface area contributed by atoms with E-state index in [9.17, 15) is 4.79 Å². The van der Waals surface area contributed by atoms with Crippen molar-refractivity contribution in [2.75, 3.05) is 27.2 Å². The summed E-state index contributed by atoms with van der Waals surface area (Å²) in [6, 6.07) is 9.03. The molecule has 2 aliphatic heterocycles. The highest BCUT2D eigenvalue weighted by Gasteiger charge is 2.38. The molecule has 1 amide bonds. The lowest BCUT2D eigenvalue weighted by Crippen LogP contribution is -2.63. The zero-order valence-electron chi connectivity index (χ0n) is 13.6. The molecule has 0 spiro atoms. The first kappa shape index (κ1) is 14.7. The van der Waals surface area contributed by atoms with Crippen LogP contribution in [0.25, 0.3) is 10.9 Å². The molecule has 3 heterocycles. The monoisotopic (exact) mass is 313 g/mol. The Balaban J connectivity index is 1.49. The summed E-state index contributed by atoms with van der Waals surface area (Å²) in [6.07, 6.45) is 2.01. The Morgan fingerprint density at radius 3 is 2.65 bits per heavy atom. The second-order valence-corrected chi connectivity index (χ2v) is 6.95. The maximum Gasteiger partial charge on any atom is 0.272 e. The molecule has 0 radical (unpaired) electrons. The molecule has 4 rings (SSSR count). The molecule has 6 heteroatoms. The van der Waals surface area contributed by atoms with Gasteiger partial charge in [0.1, 0.15) is 0 Å². The number of rotatable bonds is 2. The quantitative estimate of drug-likeness (QED) is 0.870. The molecule has 122 valence electrons. The number of fused-ring (bicyclic) bond motifs is 3. The van der Waals surface area contributed by atoms with E-state index >= 15 is 0 Å². The molecule has 0 aliphatic carbocycles. The average molecular weight is 313 g/mol. The highest BCUT2D eigenvalue weighted by molar-refractivity contribution is 6.04. The molecule has 2 bridgehead atoms. The van der Waals surface area contributed by atoms with Crippen LogP contribution < -0.4 is 5.32 Å². The fourth-order valence-electron chi connectivity index (χ4n) is 4.09. The number of H-pyrrole nitrogens is 1. The SMILES string of the molecule is CN1CC2CC(NC(=O)c3n[nH]c4ccccc34)C[C@H](C1)N2C. The van der Waals surface area contributed by atoms with E-state index in [2.05, 4.69) is 39.4 Å². The number of piperazine rings is 1. The third-order valence-electron chi connectivity index (χ3n) is 5.33. The molecule has 23 heavy (non-hydrogen) atoms. The second kappa shape index (κ2) is 5.62. The van der Waals surface area contributed by atoms with Crippen molar-refractivity contribution in [3.8, 4) is 0 Å². The smallest absolute Gasteiger partial charge is 0.272 e. The Labute approximate surface area is 135 Å². The number of benzene rings is 1. The van der Waals surface area contributed by atoms with Crippen molar-refractivity contribution in [3.63, 3.8) is 0 Å². The van der Waals surface area contributed by atoms with Crippen LogP contribution in [0.15, 0.2) is 24.3 Å². The maximum absolute atomic E-state index is 12.6. The van der Waals surface area contributed by atoms with Gasteiger partial charge in [-0.2, -0.15) is 5.10 Å². The second-order valence-electron chi connectivity index (χ2n) is 6.95. The van der Waals surface area contributed by atoms with E-state index in [-0.39, 0.29) is 11.9 Å². The van der Waals surface area contributed by atoms with E-state index in [0.29, 0.717) is 17.8 Å². The fourth-order valence-corrected chi connectivity index (χ4v) is 4.09. The van der Waals surface area contributed by atoms with Crippen LogP contribution in [0, 0.1) is 0 Å². The Bertz CT molecular complexity index is 711. The lowest BCUT2D eigenvalue weighted by Gasteiger charge is -2.50. The molecule has 2 saturated heterocycles. The highest BCUT2D eigenvalue weighted by atomic mass is 16.2. The Morgan fingerprint density at radius 1 is 1.22 bits per heavy atom. The zero-order chi connectivity index (χ0) is 16.0. The number of carbonyl (C=O) groups excluding carboxylic acids is 1. The van der Waals surface area contributed by atoms with E-state index in [0.717, 1.165) is 36.8 Å². The molecule has 2 fully saturated rings. The van der Waals surface area contributed by atoms with Gasteiger partial charge in [-0.25, -0.2) is 0 Å². The summed E-state index contributed by atoms with van der Waals surface area (Å²) < 4.78 is 0.